The molecule has 0 saturated carbocycles. The van der Waals surface area contributed by atoms with Crippen LogP contribution >= 0.6 is 0 Å². The van der Waals surface area contributed by atoms with E-state index in [9.17, 15) is 0 Å². The maximum atomic E-state index is 6.06. The number of hydrogen-bond acceptors (Lipinski definition) is 3. The van der Waals surface area contributed by atoms with Crippen molar-refractivity contribution < 1.29 is 9.47 Å². The van der Waals surface area contributed by atoms with Gasteiger partial charge in [0.25, 0.3) is 0 Å². The summed E-state index contributed by atoms with van der Waals surface area (Å²) in [5.41, 5.74) is 1.16. The fourth-order valence-electron chi connectivity index (χ4n) is 2.22. The molecule has 1 fully saturated rings. The summed E-state index contributed by atoms with van der Waals surface area (Å²) in [7, 11) is 1.71. The van der Waals surface area contributed by atoms with Gasteiger partial charge in [-0.15, -0.1) is 0 Å². The minimum absolute atomic E-state index is 0.328. The van der Waals surface area contributed by atoms with Crippen molar-refractivity contribution in [2.45, 2.75) is 26.1 Å². The third-order valence-electron chi connectivity index (χ3n) is 3.20. The van der Waals surface area contributed by atoms with Crippen LogP contribution in [0.5, 0.6) is 5.75 Å². The van der Waals surface area contributed by atoms with Crippen LogP contribution in [0.15, 0.2) is 24.3 Å². The molecule has 3 nitrogen and oxygen atoms in total. The van der Waals surface area contributed by atoms with Crippen LogP contribution in [-0.4, -0.2) is 26.3 Å². The zero-order chi connectivity index (χ0) is 12.1. The Hall–Kier alpha value is -1.06. The molecule has 1 aliphatic rings. The lowest BCUT2D eigenvalue weighted by Crippen LogP contribution is -2.41. The van der Waals surface area contributed by atoms with Gasteiger partial charge in [-0.05, 0) is 30.7 Å². The Morgan fingerprint density at radius 3 is 3.06 bits per heavy atom. The second-order valence-corrected chi connectivity index (χ2v) is 4.71. The van der Waals surface area contributed by atoms with E-state index in [0.29, 0.717) is 18.6 Å². The van der Waals surface area contributed by atoms with Crippen LogP contribution in [0.25, 0.3) is 0 Å². The van der Waals surface area contributed by atoms with E-state index in [1.165, 1.54) is 0 Å². The Labute approximate surface area is 103 Å². The molecule has 0 aliphatic carbocycles. The predicted octanol–water partition coefficient (Wildman–Crippen LogP) is 2.21. The lowest BCUT2D eigenvalue weighted by molar-refractivity contribution is 0.111. The lowest BCUT2D eigenvalue weighted by atomic mass is 9.98. The van der Waals surface area contributed by atoms with Gasteiger partial charge in [0.05, 0.1) is 6.61 Å². The molecule has 0 aromatic heterocycles. The Kier molecular flexibility index (Phi) is 4.40. The van der Waals surface area contributed by atoms with Crippen molar-refractivity contribution in [2.24, 2.45) is 5.92 Å². The summed E-state index contributed by atoms with van der Waals surface area (Å²) in [5, 5.41) is 3.38. The average molecular weight is 235 g/mol. The molecule has 1 aromatic rings. The highest BCUT2D eigenvalue weighted by Gasteiger charge is 2.22. The first kappa shape index (κ1) is 12.4. The first-order chi connectivity index (χ1) is 8.29. The maximum Gasteiger partial charge on any atom is 0.120 e. The van der Waals surface area contributed by atoms with Gasteiger partial charge in [-0.3, -0.25) is 0 Å². The van der Waals surface area contributed by atoms with Gasteiger partial charge in [0.15, 0.2) is 0 Å². The van der Waals surface area contributed by atoms with Gasteiger partial charge in [-0.2, -0.15) is 0 Å². The molecule has 0 radical (unpaired) electrons. The Bertz CT molecular complexity index is 354. The molecular weight excluding hydrogens is 214 g/mol. The number of rotatable bonds is 4. The van der Waals surface area contributed by atoms with Crippen molar-refractivity contribution in [3.8, 4) is 5.75 Å². The average Bonchev–Trinajstić information content (AvgIpc) is 2.33. The van der Waals surface area contributed by atoms with Gasteiger partial charge in [-0.1, -0.05) is 19.1 Å². The van der Waals surface area contributed by atoms with Crippen LogP contribution in [0.2, 0.25) is 0 Å². The zero-order valence-corrected chi connectivity index (χ0v) is 10.6. The minimum Gasteiger partial charge on any atom is -0.490 e. The van der Waals surface area contributed by atoms with Gasteiger partial charge < -0.3 is 14.8 Å². The molecule has 94 valence electrons. The topological polar surface area (TPSA) is 30.5 Å². The number of ether oxygens (including phenoxy) is 2. The van der Waals surface area contributed by atoms with Crippen molar-refractivity contribution in [3.05, 3.63) is 29.8 Å². The number of nitrogens with one attached hydrogen (secondary N) is 1. The highest BCUT2D eigenvalue weighted by Crippen LogP contribution is 2.21. The third-order valence-corrected chi connectivity index (χ3v) is 3.20. The van der Waals surface area contributed by atoms with Crippen LogP contribution in [-0.2, 0) is 11.3 Å². The highest BCUT2D eigenvalue weighted by atomic mass is 16.5. The van der Waals surface area contributed by atoms with Crippen molar-refractivity contribution >= 4 is 0 Å². The second-order valence-electron chi connectivity index (χ2n) is 4.71. The fraction of sp³-hybridized carbons (Fsp3) is 0.571. The van der Waals surface area contributed by atoms with Crippen LogP contribution in [0, 0.1) is 5.92 Å². The molecule has 1 aliphatic heterocycles. The summed E-state index contributed by atoms with van der Waals surface area (Å²) in [4.78, 5) is 0. The Morgan fingerprint density at radius 2 is 2.29 bits per heavy atom. The summed E-state index contributed by atoms with van der Waals surface area (Å²) < 4.78 is 11.2. The van der Waals surface area contributed by atoms with E-state index in [-0.39, 0.29) is 0 Å². The SMILES string of the molecule is COCc1cccc(OC2CCNCC2C)c1. The number of piperidine rings is 1. The van der Waals surface area contributed by atoms with Gasteiger partial charge >= 0.3 is 0 Å². The molecule has 0 bridgehead atoms. The molecule has 2 atom stereocenters. The van der Waals surface area contributed by atoms with Crippen molar-refractivity contribution in [3.63, 3.8) is 0 Å². The van der Waals surface area contributed by atoms with Crippen LogP contribution in [0.4, 0.5) is 0 Å². The van der Waals surface area contributed by atoms with E-state index in [2.05, 4.69) is 24.4 Å². The van der Waals surface area contributed by atoms with Crippen LogP contribution < -0.4 is 10.1 Å². The highest BCUT2D eigenvalue weighted by molar-refractivity contribution is 5.28. The zero-order valence-electron chi connectivity index (χ0n) is 10.6. The largest absolute Gasteiger partial charge is 0.490 e. The summed E-state index contributed by atoms with van der Waals surface area (Å²) in [6, 6.07) is 8.17. The number of hydrogen-bond donors (Lipinski definition) is 1. The van der Waals surface area contributed by atoms with Gasteiger partial charge in [-0.25, -0.2) is 0 Å². The Balaban J connectivity index is 1.99. The molecule has 17 heavy (non-hydrogen) atoms. The molecule has 2 unspecified atom stereocenters. The second kappa shape index (κ2) is 6.03. The first-order valence-electron chi connectivity index (χ1n) is 6.25. The van der Waals surface area contributed by atoms with Gasteiger partial charge in [0.2, 0.25) is 0 Å². The smallest absolute Gasteiger partial charge is 0.120 e. The molecule has 1 N–H and O–H groups in total. The van der Waals surface area contributed by atoms with E-state index < -0.39 is 0 Å². The third kappa shape index (κ3) is 3.45. The summed E-state index contributed by atoms with van der Waals surface area (Å²) in [6.45, 7) is 4.96. The summed E-state index contributed by atoms with van der Waals surface area (Å²) >= 11 is 0. The first-order valence-corrected chi connectivity index (χ1v) is 6.25. The van der Waals surface area contributed by atoms with E-state index in [0.717, 1.165) is 30.8 Å². The fourth-order valence-corrected chi connectivity index (χ4v) is 2.22. The maximum absolute atomic E-state index is 6.06. The summed E-state index contributed by atoms with van der Waals surface area (Å²) in [6.07, 6.45) is 1.41. The predicted molar refractivity (Wildman–Crippen MR) is 68.2 cm³/mol. The number of benzene rings is 1. The van der Waals surface area contributed by atoms with Crippen LogP contribution in [0.1, 0.15) is 18.9 Å². The van der Waals surface area contributed by atoms with E-state index in [1.807, 2.05) is 12.1 Å². The Morgan fingerprint density at radius 1 is 1.41 bits per heavy atom. The van der Waals surface area contributed by atoms with Crippen LogP contribution in [0.3, 0.4) is 0 Å². The molecule has 0 spiro atoms. The van der Waals surface area contributed by atoms with E-state index in [4.69, 9.17) is 9.47 Å². The molecule has 1 heterocycles. The molecule has 1 saturated heterocycles. The monoisotopic (exact) mass is 235 g/mol. The lowest BCUT2D eigenvalue weighted by Gasteiger charge is -2.30. The number of methoxy groups -OCH3 is 1. The molecule has 0 amide bonds. The van der Waals surface area contributed by atoms with E-state index in [1.54, 1.807) is 7.11 Å². The molecule has 3 heteroatoms. The normalized spacial score (nSPS) is 24.6. The van der Waals surface area contributed by atoms with Crippen molar-refractivity contribution in [2.75, 3.05) is 20.2 Å². The van der Waals surface area contributed by atoms with E-state index >= 15 is 0 Å². The summed E-state index contributed by atoms with van der Waals surface area (Å²) in [5.74, 6) is 1.52. The standard InChI is InChI=1S/C14H21NO2/c1-11-9-15-7-6-14(11)17-13-5-3-4-12(8-13)10-16-2/h3-5,8,11,14-15H,6-7,9-10H2,1-2H3. The molecule has 2 rings (SSSR count). The molecule has 1 aromatic carbocycles. The van der Waals surface area contributed by atoms with Crippen molar-refractivity contribution in [1.29, 1.82) is 0 Å². The molecular formula is C14H21NO2. The van der Waals surface area contributed by atoms with Gasteiger partial charge in [0.1, 0.15) is 11.9 Å². The minimum atomic E-state index is 0.328. The van der Waals surface area contributed by atoms with Crippen molar-refractivity contribution in [1.82, 2.24) is 5.32 Å². The quantitative estimate of drug-likeness (QED) is 0.868. The van der Waals surface area contributed by atoms with Gasteiger partial charge in [0, 0.05) is 19.6 Å².